The van der Waals surface area contributed by atoms with Crippen molar-refractivity contribution >= 4 is 44.9 Å². The molecule has 1 aliphatic heterocycles. The first-order valence-electron chi connectivity index (χ1n) is 7.66. The summed E-state index contributed by atoms with van der Waals surface area (Å²) in [6, 6.07) is 9.67. The second-order valence-electron chi connectivity index (χ2n) is 5.77. The monoisotopic (exact) mass is 358 g/mol. The molecular formula is C17H15ClN4OS. The Morgan fingerprint density at radius 1 is 1.29 bits per heavy atom. The molecule has 1 unspecified atom stereocenters. The molecule has 1 aromatic carbocycles. The lowest BCUT2D eigenvalue weighted by molar-refractivity contribution is -0.128. The molecule has 0 spiro atoms. The number of hydrogen-bond acceptors (Lipinski definition) is 5. The highest BCUT2D eigenvalue weighted by atomic mass is 35.5. The van der Waals surface area contributed by atoms with Crippen LogP contribution < -0.4 is 5.32 Å². The molecule has 0 radical (unpaired) electrons. The van der Waals surface area contributed by atoms with E-state index in [1.165, 1.54) is 0 Å². The van der Waals surface area contributed by atoms with Crippen LogP contribution >= 0.6 is 22.9 Å². The van der Waals surface area contributed by atoms with Crippen LogP contribution in [0.1, 0.15) is 12.0 Å². The summed E-state index contributed by atoms with van der Waals surface area (Å²) >= 11 is 7.78. The van der Waals surface area contributed by atoms with Gasteiger partial charge in [-0.25, -0.2) is 9.97 Å². The summed E-state index contributed by atoms with van der Waals surface area (Å²) in [5, 5.41) is 7.08. The fourth-order valence-electron chi connectivity index (χ4n) is 2.95. The number of carbonyl (C=O) groups excluding carboxylic acids is 1. The molecule has 122 valence electrons. The maximum atomic E-state index is 12.3. The summed E-state index contributed by atoms with van der Waals surface area (Å²) in [5.41, 5.74) is 0.968. The molecule has 3 aromatic rings. The summed E-state index contributed by atoms with van der Waals surface area (Å²) < 4.78 is 0. The molecule has 3 heterocycles. The van der Waals surface area contributed by atoms with Gasteiger partial charge in [0.25, 0.3) is 0 Å². The number of nitrogens with zero attached hydrogens (tertiary/aromatic N) is 3. The first-order chi connectivity index (χ1) is 11.7. The molecule has 24 heavy (non-hydrogen) atoms. The minimum atomic E-state index is 0.0398. The second kappa shape index (κ2) is 6.37. The molecule has 0 saturated carbocycles. The summed E-state index contributed by atoms with van der Waals surface area (Å²) in [6.45, 7) is 1.17. The molecule has 1 fully saturated rings. The highest BCUT2D eigenvalue weighted by Gasteiger charge is 2.30. The zero-order valence-electron chi connectivity index (χ0n) is 12.8. The van der Waals surface area contributed by atoms with Crippen molar-refractivity contribution in [3.63, 3.8) is 0 Å². The van der Waals surface area contributed by atoms with Crippen molar-refractivity contribution < 1.29 is 4.79 Å². The van der Waals surface area contributed by atoms with Crippen LogP contribution in [-0.4, -0.2) is 33.4 Å². The van der Waals surface area contributed by atoms with Gasteiger partial charge < -0.3 is 10.2 Å². The lowest BCUT2D eigenvalue weighted by Gasteiger charge is -2.18. The van der Waals surface area contributed by atoms with Crippen LogP contribution in [0.3, 0.4) is 0 Å². The molecule has 2 aromatic heterocycles. The normalized spacial score (nSPS) is 17.6. The third-order valence-electron chi connectivity index (χ3n) is 4.14. The van der Waals surface area contributed by atoms with Gasteiger partial charge in [-0.3, -0.25) is 4.79 Å². The molecular weight excluding hydrogens is 344 g/mol. The third kappa shape index (κ3) is 2.95. The topological polar surface area (TPSA) is 58.1 Å². The Morgan fingerprint density at radius 2 is 2.17 bits per heavy atom. The Balaban J connectivity index is 1.48. The molecule has 5 nitrogen and oxygen atoms in total. The van der Waals surface area contributed by atoms with E-state index in [0.29, 0.717) is 24.5 Å². The van der Waals surface area contributed by atoms with Crippen LogP contribution in [0.25, 0.3) is 10.2 Å². The number of aromatic nitrogens is 2. The fraction of sp³-hybridized carbons (Fsp3) is 0.235. The molecule has 1 N–H and O–H groups in total. The van der Waals surface area contributed by atoms with Crippen LogP contribution in [0, 0.1) is 0 Å². The predicted molar refractivity (Wildman–Crippen MR) is 96.3 cm³/mol. The number of carbonyl (C=O) groups is 1. The van der Waals surface area contributed by atoms with Gasteiger partial charge in [-0.05, 0) is 23.1 Å². The first kappa shape index (κ1) is 15.4. The van der Waals surface area contributed by atoms with Crippen molar-refractivity contribution in [2.75, 3.05) is 11.9 Å². The van der Waals surface area contributed by atoms with E-state index in [-0.39, 0.29) is 11.9 Å². The third-order valence-corrected chi connectivity index (χ3v) is 5.33. The maximum absolute atomic E-state index is 12.3. The average Bonchev–Trinajstić information content (AvgIpc) is 3.17. The smallest absolute Gasteiger partial charge is 0.225 e. The standard InChI is InChI=1S/C17H15ClN4OS/c18-14-4-2-1-3-11(14)8-22-9-12(7-15(22)23)21-16-13-5-6-24-17(13)20-10-19-16/h1-6,10,12H,7-9H2,(H,19,20,21). The largest absolute Gasteiger partial charge is 0.364 e. The van der Waals surface area contributed by atoms with Crippen molar-refractivity contribution in [1.82, 2.24) is 14.9 Å². The van der Waals surface area contributed by atoms with E-state index in [9.17, 15) is 4.79 Å². The van der Waals surface area contributed by atoms with Gasteiger partial charge in [0.15, 0.2) is 0 Å². The Hall–Kier alpha value is -2.18. The lowest BCUT2D eigenvalue weighted by atomic mass is 10.2. The van der Waals surface area contributed by atoms with Crippen molar-refractivity contribution in [3.8, 4) is 0 Å². The molecule has 1 aliphatic rings. The lowest BCUT2D eigenvalue weighted by Crippen LogP contribution is -2.27. The van der Waals surface area contributed by atoms with E-state index in [0.717, 1.165) is 21.6 Å². The van der Waals surface area contributed by atoms with Gasteiger partial charge in [0, 0.05) is 24.5 Å². The van der Waals surface area contributed by atoms with E-state index < -0.39 is 0 Å². The molecule has 1 amide bonds. The number of anilines is 1. The molecule has 4 rings (SSSR count). The molecule has 7 heteroatoms. The molecule has 1 atom stereocenters. The first-order valence-corrected chi connectivity index (χ1v) is 8.92. The number of nitrogens with one attached hydrogen (secondary N) is 1. The second-order valence-corrected chi connectivity index (χ2v) is 7.07. The van der Waals surface area contributed by atoms with Crippen molar-refractivity contribution in [1.29, 1.82) is 0 Å². The van der Waals surface area contributed by atoms with Gasteiger partial charge in [0.05, 0.1) is 11.4 Å². The van der Waals surface area contributed by atoms with Crippen LogP contribution in [-0.2, 0) is 11.3 Å². The highest BCUT2D eigenvalue weighted by Crippen LogP contribution is 2.26. The summed E-state index contributed by atoms with van der Waals surface area (Å²) in [7, 11) is 0. The van der Waals surface area contributed by atoms with Crippen LogP contribution in [0.5, 0.6) is 0 Å². The summed E-state index contributed by atoms with van der Waals surface area (Å²) in [4.78, 5) is 23.7. The van der Waals surface area contributed by atoms with E-state index in [1.807, 2.05) is 40.6 Å². The Bertz CT molecular complexity index is 897. The number of halogens is 1. The minimum Gasteiger partial charge on any atom is -0.364 e. The van der Waals surface area contributed by atoms with Gasteiger partial charge in [-0.1, -0.05) is 29.8 Å². The summed E-state index contributed by atoms with van der Waals surface area (Å²) in [5.74, 6) is 0.918. The van der Waals surface area contributed by atoms with E-state index >= 15 is 0 Å². The van der Waals surface area contributed by atoms with Crippen LogP contribution in [0.15, 0.2) is 42.0 Å². The molecule has 1 saturated heterocycles. The van der Waals surface area contributed by atoms with E-state index in [4.69, 9.17) is 11.6 Å². The average molecular weight is 359 g/mol. The van der Waals surface area contributed by atoms with Gasteiger partial charge >= 0.3 is 0 Å². The number of amides is 1. The molecule has 0 bridgehead atoms. The Kier molecular flexibility index (Phi) is 4.08. The number of benzene rings is 1. The SMILES string of the molecule is O=C1CC(Nc2ncnc3sccc23)CN1Cc1ccccc1Cl. The Labute approximate surface area is 148 Å². The van der Waals surface area contributed by atoms with Gasteiger partial charge in [0.1, 0.15) is 17.0 Å². The predicted octanol–water partition coefficient (Wildman–Crippen LogP) is 3.56. The summed E-state index contributed by atoms with van der Waals surface area (Å²) in [6.07, 6.45) is 2.01. The number of rotatable bonds is 4. The number of hydrogen-bond donors (Lipinski definition) is 1. The van der Waals surface area contributed by atoms with Gasteiger partial charge in [-0.15, -0.1) is 11.3 Å². The number of fused-ring (bicyclic) bond motifs is 1. The van der Waals surface area contributed by atoms with Crippen molar-refractivity contribution in [3.05, 3.63) is 52.6 Å². The zero-order valence-corrected chi connectivity index (χ0v) is 14.3. The zero-order chi connectivity index (χ0) is 16.5. The van der Waals surface area contributed by atoms with E-state index in [2.05, 4.69) is 15.3 Å². The quantitative estimate of drug-likeness (QED) is 0.774. The Morgan fingerprint density at radius 3 is 3.04 bits per heavy atom. The van der Waals surface area contributed by atoms with Crippen molar-refractivity contribution in [2.45, 2.75) is 19.0 Å². The van der Waals surface area contributed by atoms with Crippen LogP contribution in [0.4, 0.5) is 5.82 Å². The van der Waals surface area contributed by atoms with Gasteiger partial charge in [0.2, 0.25) is 5.91 Å². The highest BCUT2D eigenvalue weighted by molar-refractivity contribution is 7.16. The van der Waals surface area contributed by atoms with E-state index in [1.54, 1.807) is 17.7 Å². The minimum absolute atomic E-state index is 0.0398. The van der Waals surface area contributed by atoms with Crippen LogP contribution in [0.2, 0.25) is 5.02 Å². The van der Waals surface area contributed by atoms with Gasteiger partial charge in [-0.2, -0.15) is 0 Å². The molecule has 0 aliphatic carbocycles. The number of likely N-dealkylation sites (tertiary alicyclic amines) is 1. The van der Waals surface area contributed by atoms with Crippen molar-refractivity contribution in [2.24, 2.45) is 0 Å². The maximum Gasteiger partial charge on any atom is 0.225 e. The number of thiophene rings is 1. The fourth-order valence-corrected chi connectivity index (χ4v) is 3.88.